The maximum atomic E-state index is 12.4. The number of likely N-dealkylation sites (tertiary alicyclic amines) is 1. The molecule has 1 aromatic rings. The Labute approximate surface area is 132 Å². The highest BCUT2D eigenvalue weighted by Gasteiger charge is 2.31. The third kappa shape index (κ3) is 4.04. The summed E-state index contributed by atoms with van der Waals surface area (Å²) in [4.78, 5) is 22.5. The lowest BCUT2D eigenvalue weighted by molar-refractivity contribution is 0.0526. The molecular formula is C13H22Cl2N4O. The van der Waals surface area contributed by atoms with Gasteiger partial charge in [0, 0.05) is 25.3 Å². The minimum atomic E-state index is -0.0514. The van der Waals surface area contributed by atoms with E-state index < -0.39 is 0 Å². The Morgan fingerprint density at radius 3 is 2.65 bits per heavy atom. The van der Waals surface area contributed by atoms with E-state index in [9.17, 15) is 4.79 Å². The number of carbonyl (C=O) groups is 1. The van der Waals surface area contributed by atoms with Gasteiger partial charge < -0.3 is 10.6 Å². The summed E-state index contributed by atoms with van der Waals surface area (Å²) in [7, 11) is 0. The van der Waals surface area contributed by atoms with Gasteiger partial charge in [0.2, 0.25) is 0 Å². The molecule has 20 heavy (non-hydrogen) atoms. The van der Waals surface area contributed by atoms with Gasteiger partial charge >= 0.3 is 0 Å². The fourth-order valence-electron chi connectivity index (χ4n) is 2.51. The van der Waals surface area contributed by atoms with Gasteiger partial charge in [-0.3, -0.25) is 9.78 Å². The second-order valence-corrected chi connectivity index (χ2v) is 4.96. The maximum absolute atomic E-state index is 12.4. The number of amides is 1. The van der Waals surface area contributed by atoms with Crippen molar-refractivity contribution in [2.75, 3.05) is 13.1 Å². The highest BCUT2D eigenvalue weighted by Crippen LogP contribution is 2.23. The normalized spacial score (nSPS) is 21.6. The van der Waals surface area contributed by atoms with Crippen molar-refractivity contribution in [1.29, 1.82) is 0 Å². The van der Waals surface area contributed by atoms with Gasteiger partial charge in [0.05, 0.1) is 11.9 Å². The smallest absolute Gasteiger partial charge is 0.274 e. The topological polar surface area (TPSA) is 72.1 Å². The number of carbonyl (C=O) groups excluding carboxylic acids is 1. The van der Waals surface area contributed by atoms with Crippen LogP contribution < -0.4 is 5.73 Å². The largest absolute Gasteiger partial charge is 0.333 e. The first-order chi connectivity index (χ1) is 8.63. The van der Waals surface area contributed by atoms with E-state index in [-0.39, 0.29) is 36.8 Å². The summed E-state index contributed by atoms with van der Waals surface area (Å²) < 4.78 is 0. The molecule has 2 rings (SSSR count). The summed E-state index contributed by atoms with van der Waals surface area (Å²) in [6.45, 7) is 5.28. The molecule has 1 aliphatic heterocycles. The molecule has 1 aromatic heterocycles. The molecule has 5 nitrogen and oxygen atoms in total. The van der Waals surface area contributed by atoms with Crippen LogP contribution in [0, 0.1) is 12.8 Å². The number of nitrogens with zero attached hydrogens (tertiary/aromatic N) is 3. The van der Waals surface area contributed by atoms with Crippen molar-refractivity contribution in [3.05, 3.63) is 23.8 Å². The third-order valence-electron chi connectivity index (χ3n) is 3.62. The highest BCUT2D eigenvalue weighted by molar-refractivity contribution is 5.92. The molecule has 0 aromatic carbocycles. The number of rotatable bonds is 2. The van der Waals surface area contributed by atoms with Gasteiger partial charge in [0.1, 0.15) is 5.69 Å². The summed E-state index contributed by atoms with van der Waals surface area (Å²) in [6, 6.07) is 0.120. The maximum Gasteiger partial charge on any atom is 0.274 e. The van der Waals surface area contributed by atoms with Crippen LogP contribution in [0.25, 0.3) is 0 Å². The van der Waals surface area contributed by atoms with Crippen molar-refractivity contribution in [2.24, 2.45) is 11.7 Å². The molecule has 7 heteroatoms. The number of halogens is 2. The molecule has 0 radical (unpaired) electrons. The van der Waals surface area contributed by atoms with Crippen molar-refractivity contribution >= 4 is 30.7 Å². The molecule has 0 aliphatic carbocycles. The number of hydrogen-bond acceptors (Lipinski definition) is 4. The SMILES string of the molecule is Cc1cnc(C(=O)N2CCCC(C)C2CN)cn1.Cl.Cl. The predicted molar refractivity (Wildman–Crippen MR) is 83.5 cm³/mol. The van der Waals surface area contributed by atoms with E-state index in [2.05, 4.69) is 16.9 Å². The summed E-state index contributed by atoms with van der Waals surface area (Å²) in [5, 5.41) is 0. The van der Waals surface area contributed by atoms with Gasteiger partial charge in [-0.15, -0.1) is 24.8 Å². The van der Waals surface area contributed by atoms with Gasteiger partial charge in [0.25, 0.3) is 5.91 Å². The van der Waals surface area contributed by atoms with Gasteiger partial charge in [-0.1, -0.05) is 6.92 Å². The molecule has 114 valence electrons. The van der Waals surface area contributed by atoms with Crippen LogP contribution in [0.5, 0.6) is 0 Å². The van der Waals surface area contributed by atoms with Gasteiger partial charge in [-0.25, -0.2) is 4.98 Å². The lowest BCUT2D eigenvalue weighted by atomic mass is 9.90. The first-order valence-corrected chi connectivity index (χ1v) is 6.43. The third-order valence-corrected chi connectivity index (χ3v) is 3.62. The molecular weight excluding hydrogens is 299 g/mol. The molecule has 1 fully saturated rings. The number of aryl methyl sites for hydroxylation is 1. The fourth-order valence-corrected chi connectivity index (χ4v) is 2.51. The second kappa shape index (κ2) is 8.39. The number of piperidine rings is 1. The first-order valence-electron chi connectivity index (χ1n) is 6.43. The van der Waals surface area contributed by atoms with Crippen LogP contribution in [-0.4, -0.2) is 39.9 Å². The van der Waals surface area contributed by atoms with E-state index in [4.69, 9.17) is 5.73 Å². The number of nitrogens with two attached hydrogens (primary N) is 1. The average molecular weight is 321 g/mol. The van der Waals surface area contributed by atoms with Crippen LogP contribution >= 0.6 is 24.8 Å². The van der Waals surface area contributed by atoms with Crippen LogP contribution in [0.2, 0.25) is 0 Å². The average Bonchev–Trinajstić information content (AvgIpc) is 2.38. The standard InChI is InChI=1S/C13H20N4O.2ClH/c1-9-4-3-5-17(12(9)6-14)13(18)11-8-15-10(2)7-16-11;;/h7-9,12H,3-6,14H2,1-2H3;2*1H. The van der Waals surface area contributed by atoms with E-state index in [0.717, 1.165) is 25.1 Å². The van der Waals surface area contributed by atoms with Crippen LogP contribution in [0.3, 0.4) is 0 Å². The quantitative estimate of drug-likeness (QED) is 0.902. The lowest BCUT2D eigenvalue weighted by Crippen LogP contribution is -2.51. The van der Waals surface area contributed by atoms with Gasteiger partial charge in [0.15, 0.2) is 0 Å². The van der Waals surface area contributed by atoms with E-state index in [1.54, 1.807) is 12.4 Å². The predicted octanol–water partition coefficient (Wildman–Crippen LogP) is 1.83. The molecule has 0 bridgehead atoms. The summed E-state index contributed by atoms with van der Waals surface area (Å²) in [5.41, 5.74) is 7.02. The molecule has 2 heterocycles. The lowest BCUT2D eigenvalue weighted by Gasteiger charge is -2.39. The summed E-state index contributed by atoms with van der Waals surface area (Å²) in [5.74, 6) is 0.399. The van der Waals surface area contributed by atoms with Crippen molar-refractivity contribution in [1.82, 2.24) is 14.9 Å². The number of hydrogen-bond donors (Lipinski definition) is 1. The van der Waals surface area contributed by atoms with Crippen molar-refractivity contribution in [3.8, 4) is 0 Å². The van der Waals surface area contributed by atoms with Crippen molar-refractivity contribution in [3.63, 3.8) is 0 Å². The molecule has 1 saturated heterocycles. The molecule has 1 aliphatic rings. The molecule has 0 saturated carbocycles. The van der Waals surface area contributed by atoms with E-state index in [1.807, 2.05) is 11.8 Å². The van der Waals surface area contributed by atoms with Crippen molar-refractivity contribution in [2.45, 2.75) is 32.7 Å². The molecule has 0 spiro atoms. The Bertz CT molecular complexity index is 427. The van der Waals surface area contributed by atoms with Gasteiger partial charge in [-0.05, 0) is 25.7 Å². The second-order valence-electron chi connectivity index (χ2n) is 4.96. The molecule has 2 N–H and O–H groups in total. The van der Waals surface area contributed by atoms with E-state index in [1.165, 1.54) is 0 Å². The van der Waals surface area contributed by atoms with E-state index >= 15 is 0 Å². The Morgan fingerprint density at radius 1 is 1.40 bits per heavy atom. The Morgan fingerprint density at radius 2 is 2.10 bits per heavy atom. The van der Waals surface area contributed by atoms with E-state index in [0.29, 0.717) is 18.2 Å². The zero-order chi connectivity index (χ0) is 13.1. The monoisotopic (exact) mass is 320 g/mol. The molecule has 1 amide bonds. The van der Waals surface area contributed by atoms with Crippen LogP contribution in [0.4, 0.5) is 0 Å². The highest BCUT2D eigenvalue weighted by atomic mass is 35.5. The molecule has 2 atom stereocenters. The fraction of sp³-hybridized carbons (Fsp3) is 0.615. The minimum absolute atomic E-state index is 0. The zero-order valence-corrected chi connectivity index (χ0v) is 13.4. The minimum Gasteiger partial charge on any atom is -0.333 e. The van der Waals surface area contributed by atoms with Crippen LogP contribution in [-0.2, 0) is 0 Å². The van der Waals surface area contributed by atoms with Crippen LogP contribution in [0.15, 0.2) is 12.4 Å². The van der Waals surface area contributed by atoms with Crippen molar-refractivity contribution < 1.29 is 4.79 Å². The summed E-state index contributed by atoms with van der Waals surface area (Å²) in [6.07, 6.45) is 5.33. The Kier molecular flexibility index (Phi) is 8.01. The van der Waals surface area contributed by atoms with Gasteiger partial charge in [-0.2, -0.15) is 0 Å². The zero-order valence-electron chi connectivity index (χ0n) is 11.8. The Hall–Kier alpha value is -0.910. The molecule has 2 unspecified atom stereocenters. The van der Waals surface area contributed by atoms with Crippen LogP contribution in [0.1, 0.15) is 35.9 Å². The number of aromatic nitrogens is 2. The Balaban J connectivity index is 0.00000180. The summed E-state index contributed by atoms with van der Waals surface area (Å²) >= 11 is 0. The first kappa shape index (κ1) is 19.1.